The second kappa shape index (κ2) is 6.89. The summed E-state index contributed by atoms with van der Waals surface area (Å²) in [6, 6.07) is 0. The van der Waals surface area contributed by atoms with Crippen molar-refractivity contribution >= 4 is 5.70 Å². The number of hydrogen-bond donors (Lipinski definition) is 0. The molecule has 0 saturated heterocycles. The van der Waals surface area contributed by atoms with Crippen molar-refractivity contribution in [2.24, 2.45) is 0 Å². The normalized spacial score (nSPS) is 9.36. The molecule has 0 bridgehead atoms. The van der Waals surface area contributed by atoms with Crippen LogP contribution in [-0.4, -0.2) is 9.55 Å². The van der Waals surface area contributed by atoms with Crippen molar-refractivity contribution in [3.8, 4) is 0 Å². The zero-order valence-electron chi connectivity index (χ0n) is 9.20. The molecular formula is C12H18N2. The maximum atomic E-state index is 3.92. The van der Waals surface area contributed by atoms with Crippen LogP contribution in [0.2, 0.25) is 0 Å². The smallest absolute Gasteiger partial charge is 0.0991 e. The van der Waals surface area contributed by atoms with Gasteiger partial charge in [-0.3, -0.25) is 0 Å². The molecule has 0 unspecified atom stereocenters. The minimum Gasteiger partial charge on any atom is -0.307 e. The van der Waals surface area contributed by atoms with Crippen molar-refractivity contribution in [2.75, 3.05) is 0 Å². The first-order chi connectivity index (χ1) is 6.70. The summed E-state index contributed by atoms with van der Waals surface area (Å²) in [4.78, 5) is 3.92. The highest BCUT2D eigenvalue weighted by Gasteiger charge is 1.89. The molecule has 76 valence electrons. The Hall–Kier alpha value is -1.57. The van der Waals surface area contributed by atoms with E-state index in [1.165, 1.54) is 0 Å². The van der Waals surface area contributed by atoms with Gasteiger partial charge in [0, 0.05) is 18.1 Å². The molecular weight excluding hydrogens is 172 g/mol. The van der Waals surface area contributed by atoms with Gasteiger partial charge < -0.3 is 4.57 Å². The predicted molar refractivity (Wildman–Crippen MR) is 62.9 cm³/mol. The molecule has 0 aromatic carbocycles. The summed E-state index contributed by atoms with van der Waals surface area (Å²) in [5.41, 5.74) is 1.90. The van der Waals surface area contributed by atoms with Crippen LogP contribution >= 0.6 is 0 Å². The molecule has 0 N–H and O–H groups in total. The lowest BCUT2D eigenvalue weighted by Gasteiger charge is -1.98. The van der Waals surface area contributed by atoms with Gasteiger partial charge >= 0.3 is 0 Å². The number of nitrogens with zero attached hydrogens (tertiary/aromatic N) is 2. The molecule has 2 nitrogen and oxygen atoms in total. The number of imidazole rings is 1. The summed E-state index contributed by atoms with van der Waals surface area (Å²) < 4.78 is 1.85. The fourth-order valence-electron chi connectivity index (χ4n) is 0.754. The Morgan fingerprint density at radius 3 is 2.36 bits per heavy atom. The molecule has 1 aromatic rings. The molecule has 2 heteroatoms. The third-order valence-electron chi connectivity index (χ3n) is 1.40. The van der Waals surface area contributed by atoms with Crippen molar-refractivity contribution in [1.29, 1.82) is 0 Å². The van der Waals surface area contributed by atoms with Gasteiger partial charge in [0.15, 0.2) is 0 Å². The van der Waals surface area contributed by atoms with E-state index in [4.69, 9.17) is 0 Å². The molecule has 14 heavy (non-hydrogen) atoms. The van der Waals surface area contributed by atoms with Gasteiger partial charge in [-0.1, -0.05) is 38.7 Å². The highest BCUT2D eigenvalue weighted by atomic mass is 15.0. The fraction of sp³-hybridized carbons (Fsp3) is 0.250. The van der Waals surface area contributed by atoms with E-state index in [9.17, 15) is 0 Å². The van der Waals surface area contributed by atoms with E-state index >= 15 is 0 Å². The highest BCUT2D eigenvalue weighted by molar-refractivity contribution is 5.54. The van der Waals surface area contributed by atoms with E-state index in [-0.39, 0.29) is 0 Å². The quantitative estimate of drug-likeness (QED) is 0.667. The number of allylic oxidation sites excluding steroid dienone is 4. The number of aromatic nitrogens is 2. The molecule has 0 aliphatic rings. The largest absolute Gasteiger partial charge is 0.307 e. The number of hydrogen-bond acceptors (Lipinski definition) is 1. The molecule has 0 aliphatic carbocycles. The van der Waals surface area contributed by atoms with Crippen LogP contribution in [0.4, 0.5) is 0 Å². The molecule has 1 aromatic heterocycles. The van der Waals surface area contributed by atoms with Crippen LogP contribution in [0.25, 0.3) is 5.70 Å². The summed E-state index contributed by atoms with van der Waals surface area (Å²) in [6.45, 7) is 13.6. The van der Waals surface area contributed by atoms with E-state index in [1.807, 2.05) is 43.7 Å². The Morgan fingerprint density at radius 1 is 1.29 bits per heavy atom. The standard InChI is InChI=1S/C10H12N2.C2H6/c1-9(2)4-5-10(3)12-7-6-11-8-12;1-2/h4-8H,1,3H2,2H3;1-2H3/b5-4-;. The van der Waals surface area contributed by atoms with Crippen LogP contribution in [0.1, 0.15) is 20.8 Å². The fourth-order valence-corrected chi connectivity index (χ4v) is 0.754. The van der Waals surface area contributed by atoms with Crippen LogP contribution in [0, 0.1) is 0 Å². The van der Waals surface area contributed by atoms with Gasteiger partial charge in [0.2, 0.25) is 0 Å². The minimum absolute atomic E-state index is 0.885. The van der Waals surface area contributed by atoms with E-state index in [2.05, 4.69) is 18.1 Å². The lowest BCUT2D eigenvalue weighted by Crippen LogP contribution is -1.87. The first kappa shape index (κ1) is 12.4. The maximum absolute atomic E-state index is 3.92. The first-order valence-corrected chi connectivity index (χ1v) is 4.71. The molecule has 0 saturated carbocycles. The molecule has 0 atom stereocenters. The summed E-state index contributed by atoms with van der Waals surface area (Å²) in [5.74, 6) is 0. The van der Waals surface area contributed by atoms with Crippen molar-refractivity contribution in [3.63, 3.8) is 0 Å². The van der Waals surface area contributed by atoms with Crippen LogP contribution in [-0.2, 0) is 0 Å². The van der Waals surface area contributed by atoms with Crippen molar-refractivity contribution in [1.82, 2.24) is 9.55 Å². The average molecular weight is 190 g/mol. The molecule has 0 spiro atoms. The molecule has 0 radical (unpaired) electrons. The Morgan fingerprint density at radius 2 is 1.93 bits per heavy atom. The molecule has 0 amide bonds. The lowest BCUT2D eigenvalue weighted by molar-refractivity contribution is 1.10. The van der Waals surface area contributed by atoms with Crippen LogP contribution in [0.5, 0.6) is 0 Å². The van der Waals surface area contributed by atoms with E-state index in [0.29, 0.717) is 0 Å². The second-order valence-corrected chi connectivity index (χ2v) is 2.64. The molecule has 1 heterocycles. The average Bonchev–Trinajstić information content (AvgIpc) is 2.70. The Balaban J connectivity index is 0.000000791. The van der Waals surface area contributed by atoms with E-state index in [1.54, 1.807) is 12.5 Å². The molecule has 0 aliphatic heterocycles. The third kappa shape index (κ3) is 4.45. The van der Waals surface area contributed by atoms with Gasteiger partial charge in [0.25, 0.3) is 0 Å². The Bertz CT molecular complexity index is 305. The van der Waals surface area contributed by atoms with Gasteiger partial charge in [-0.25, -0.2) is 4.98 Å². The summed E-state index contributed by atoms with van der Waals surface area (Å²) in [6.07, 6.45) is 9.11. The van der Waals surface area contributed by atoms with E-state index < -0.39 is 0 Å². The molecule has 0 fully saturated rings. The summed E-state index contributed by atoms with van der Waals surface area (Å²) in [5, 5.41) is 0. The van der Waals surface area contributed by atoms with Gasteiger partial charge in [-0.2, -0.15) is 0 Å². The van der Waals surface area contributed by atoms with Crippen LogP contribution < -0.4 is 0 Å². The van der Waals surface area contributed by atoms with Gasteiger partial charge in [-0.05, 0) is 13.0 Å². The van der Waals surface area contributed by atoms with Gasteiger partial charge in [0.1, 0.15) is 0 Å². The third-order valence-corrected chi connectivity index (χ3v) is 1.40. The van der Waals surface area contributed by atoms with Gasteiger partial charge in [0.05, 0.1) is 6.33 Å². The topological polar surface area (TPSA) is 17.8 Å². The lowest BCUT2D eigenvalue weighted by atomic mass is 10.3. The van der Waals surface area contributed by atoms with Crippen molar-refractivity contribution in [3.05, 3.63) is 49.6 Å². The van der Waals surface area contributed by atoms with Crippen molar-refractivity contribution < 1.29 is 0 Å². The molecule has 1 rings (SSSR count). The maximum Gasteiger partial charge on any atom is 0.0991 e. The summed E-state index contributed by atoms with van der Waals surface area (Å²) >= 11 is 0. The zero-order chi connectivity index (χ0) is 11.0. The minimum atomic E-state index is 0.885. The summed E-state index contributed by atoms with van der Waals surface area (Å²) in [7, 11) is 0. The predicted octanol–water partition coefficient (Wildman–Crippen LogP) is 3.51. The van der Waals surface area contributed by atoms with Gasteiger partial charge in [-0.15, -0.1) is 0 Å². The second-order valence-electron chi connectivity index (χ2n) is 2.64. The van der Waals surface area contributed by atoms with Crippen molar-refractivity contribution in [2.45, 2.75) is 20.8 Å². The Kier molecular flexibility index (Phi) is 6.12. The van der Waals surface area contributed by atoms with Crippen LogP contribution in [0.15, 0.2) is 49.6 Å². The zero-order valence-corrected chi connectivity index (χ0v) is 9.20. The highest BCUT2D eigenvalue weighted by Crippen LogP contribution is 2.03. The Labute approximate surface area is 86.3 Å². The van der Waals surface area contributed by atoms with E-state index in [0.717, 1.165) is 11.3 Å². The van der Waals surface area contributed by atoms with Crippen LogP contribution in [0.3, 0.4) is 0 Å². The first-order valence-electron chi connectivity index (χ1n) is 4.71. The number of rotatable bonds is 3. The monoisotopic (exact) mass is 190 g/mol. The SMILES string of the molecule is C=C(C)/C=C\C(=C)n1ccnc1.CC.